The van der Waals surface area contributed by atoms with Gasteiger partial charge in [0.2, 0.25) is 5.95 Å². The van der Waals surface area contributed by atoms with E-state index in [9.17, 15) is 4.79 Å². The van der Waals surface area contributed by atoms with Crippen molar-refractivity contribution in [2.45, 2.75) is 39.7 Å². The number of rotatable bonds is 7. The molecule has 1 atom stereocenters. The minimum Gasteiger partial charge on any atom is -0.494 e. The molecule has 0 saturated heterocycles. The maximum atomic E-state index is 12.8. The van der Waals surface area contributed by atoms with E-state index in [0.29, 0.717) is 36.2 Å². The number of allylic oxidation sites excluding steroid dienone is 1. The van der Waals surface area contributed by atoms with Crippen LogP contribution in [0.15, 0.2) is 35.5 Å². The number of nitrogens with zero attached hydrogens (tertiary/aromatic N) is 4. The van der Waals surface area contributed by atoms with E-state index in [-0.39, 0.29) is 5.97 Å². The van der Waals surface area contributed by atoms with Crippen LogP contribution in [0.25, 0.3) is 0 Å². The van der Waals surface area contributed by atoms with E-state index in [1.165, 1.54) is 0 Å². The SMILES string of the molecule is CCCCOC(=O)C1=C(C)Nc2nnnn2C1c1ccccc1OCC. The molecule has 0 spiro atoms. The summed E-state index contributed by atoms with van der Waals surface area (Å²) < 4.78 is 12.8. The van der Waals surface area contributed by atoms with Crippen molar-refractivity contribution in [1.82, 2.24) is 20.2 Å². The lowest BCUT2D eigenvalue weighted by Gasteiger charge is -2.28. The topological polar surface area (TPSA) is 91.2 Å². The smallest absolute Gasteiger partial charge is 0.338 e. The molecule has 138 valence electrons. The third-order valence-corrected chi connectivity index (χ3v) is 4.18. The van der Waals surface area contributed by atoms with Crippen LogP contribution in [0.5, 0.6) is 5.75 Å². The van der Waals surface area contributed by atoms with E-state index < -0.39 is 6.04 Å². The largest absolute Gasteiger partial charge is 0.494 e. The number of esters is 1. The van der Waals surface area contributed by atoms with Gasteiger partial charge in [-0.2, -0.15) is 4.68 Å². The zero-order chi connectivity index (χ0) is 18.5. The van der Waals surface area contributed by atoms with Crippen LogP contribution in [0.1, 0.15) is 45.2 Å². The van der Waals surface area contributed by atoms with Gasteiger partial charge in [-0.25, -0.2) is 4.79 Å². The molecule has 0 saturated carbocycles. The fourth-order valence-electron chi connectivity index (χ4n) is 2.94. The number of carbonyl (C=O) groups is 1. The van der Waals surface area contributed by atoms with Crippen molar-refractivity contribution in [2.24, 2.45) is 0 Å². The number of unbranched alkanes of at least 4 members (excludes halogenated alkanes) is 1. The van der Waals surface area contributed by atoms with Gasteiger partial charge >= 0.3 is 5.97 Å². The van der Waals surface area contributed by atoms with E-state index in [4.69, 9.17) is 9.47 Å². The van der Waals surface area contributed by atoms with Gasteiger partial charge in [0.15, 0.2) is 0 Å². The molecule has 8 heteroatoms. The van der Waals surface area contributed by atoms with Crippen LogP contribution in [-0.4, -0.2) is 39.4 Å². The van der Waals surface area contributed by atoms with E-state index in [2.05, 4.69) is 27.8 Å². The number of hydrogen-bond donors (Lipinski definition) is 1. The number of tetrazole rings is 1. The summed E-state index contributed by atoms with van der Waals surface area (Å²) in [5.41, 5.74) is 1.96. The molecule has 2 heterocycles. The second kappa shape index (κ2) is 7.99. The highest BCUT2D eigenvalue weighted by Gasteiger charge is 2.36. The molecule has 0 fully saturated rings. The van der Waals surface area contributed by atoms with Crippen LogP contribution in [-0.2, 0) is 9.53 Å². The summed E-state index contributed by atoms with van der Waals surface area (Å²) in [7, 11) is 0. The third kappa shape index (κ3) is 3.40. The molecular weight excluding hydrogens is 334 g/mol. The maximum Gasteiger partial charge on any atom is 0.338 e. The second-order valence-electron chi connectivity index (χ2n) is 5.97. The van der Waals surface area contributed by atoms with Gasteiger partial charge in [-0.05, 0) is 36.8 Å². The lowest BCUT2D eigenvalue weighted by Crippen LogP contribution is -2.30. The first-order chi connectivity index (χ1) is 12.7. The quantitative estimate of drug-likeness (QED) is 0.602. The minimum absolute atomic E-state index is 0.374. The Kier molecular flexibility index (Phi) is 5.50. The Morgan fingerprint density at radius 2 is 2.12 bits per heavy atom. The van der Waals surface area contributed by atoms with Crippen molar-refractivity contribution in [3.63, 3.8) is 0 Å². The number of carbonyl (C=O) groups excluding carboxylic acids is 1. The average molecular weight is 357 g/mol. The molecule has 8 nitrogen and oxygen atoms in total. The van der Waals surface area contributed by atoms with Crippen LogP contribution in [0.3, 0.4) is 0 Å². The molecule has 1 N–H and O–H groups in total. The lowest BCUT2D eigenvalue weighted by molar-refractivity contribution is -0.139. The maximum absolute atomic E-state index is 12.8. The highest BCUT2D eigenvalue weighted by Crippen LogP contribution is 2.38. The molecule has 1 aliphatic heterocycles. The van der Waals surface area contributed by atoms with E-state index in [0.717, 1.165) is 18.4 Å². The van der Waals surface area contributed by atoms with Crippen LogP contribution in [0, 0.1) is 0 Å². The molecule has 1 unspecified atom stereocenters. The van der Waals surface area contributed by atoms with Gasteiger partial charge in [0.05, 0.1) is 18.8 Å². The van der Waals surface area contributed by atoms with Gasteiger partial charge in [-0.3, -0.25) is 0 Å². The Bertz CT molecular complexity index is 815. The van der Waals surface area contributed by atoms with Crippen LogP contribution in [0.2, 0.25) is 0 Å². The van der Waals surface area contributed by atoms with Crippen molar-refractivity contribution in [3.05, 3.63) is 41.1 Å². The van der Waals surface area contributed by atoms with Gasteiger partial charge < -0.3 is 14.8 Å². The Balaban J connectivity index is 2.05. The number of hydrogen-bond acceptors (Lipinski definition) is 7. The number of anilines is 1. The summed E-state index contributed by atoms with van der Waals surface area (Å²) in [6, 6.07) is 7.07. The molecule has 0 aliphatic carbocycles. The third-order valence-electron chi connectivity index (χ3n) is 4.18. The van der Waals surface area contributed by atoms with E-state index >= 15 is 0 Å². The summed E-state index contributed by atoms with van der Waals surface area (Å²) >= 11 is 0. The number of benzene rings is 1. The molecule has 1 aromatic carbocycles. The number of ether oxygens (including phenoxy) is 2. The Labute approximate surface area is 152 Å². The van der Waals surface area contributed by atoms with Crippen molar-refractivity contribution < 1.29 is 14.3 Å². The van der Waals surface area contributed by atoms with Crippen molar-refractivity contribution in [1.29, 1.82) is 0 Å². The lowest BCUT2D eigenvalue weighted by atomic mass is 9.95. The standard InChI is InChI=1S/C18H23N5O3/c1-4-6-11-26-17(24)15-12(3)19-18-20-21-22-23(18)16(15)13-9-7-8-10-14(13)25-5-2/h7-10,16H,4-6,11H2,1-3H3,(H,19,20,22). The van der Waals surface area contributed by atoms with Gasteiger partial charge in [0.1, 0.15) is 11.8 Å². The first kappa shape index (κ1) is 17.9. The molecule has 0 bridgehead atoms. The van der Waals surface area contributed by atoms with Crippen molar-refractivity contribution in [2.75, 3.05) is 18.5 Å². The molecule has 0 amide bonds. The van der Waals surface area contributed by atoms with Crippen molar-refractivity contribution >= 4 is 11.9 Å². The molecule has 2 aromatic rings. The summed E-state index contributed by atoms with van der Waals surface area (Å²) in [6.07, 6.45) is 1.78. The normalized spacial score (nSPS) is 16.0. The van der Waals surface area contributed by atoms with Gasteiger partial charge in [0.25, 0.3) is 0 Å². The zero-order valence-corrected chi connectivity index (χ0v) is 15.2. The summed E-state index contributed by atoms with van der Waals surface area (Å²) in [4.78, 5) is 12.8. The van der Waals surface area contributed by atoms with Gasteiger partial charge in [-0.15, -0.1) is 0 Å². The molecule has 0 radical (unpaired) electrons. The highest BCUT2D eigenvalue weighted by molar-refractivity contribution is 5.92. The first-order valence-electron chi connectivity index (χ1n) is 8.81. The van der Waals surface area contributed by atoms with Crippen LogP contribution >= 0.6 is 0 Å². The molecule has 3 rings (SSSR count). The predicted octanol–water partition coefficient (Wildman–Crippen LogP) is 2.70. The monoisotopic (exact) mass is 357 g/mol. The summed E-state index contributed by atoms with van der Waals surface area (Å²) in [5.74, 6) is 0.791. The fraction of sp³-hybridized carbons (Fsp3) is 0.444. The average Bonchev–Trinajstić information content (AvgIpc) is 3.09. The van der Waals surface area contributed by atoms with Gasteiger partial charge in [-0.1, -0.05) is 36.6 Å². The predicted molar refractivity (Wildman–Crippen MR) is 95.8 cm³/mol. The Morgan fingerprint density at radius 3 is 2.88 bits per heavy atom. The zero-order valence-electron chi connectivity index (χ0n) is 15.2. The van der Waals surface area contributed by atoms with E-state index in [1.807, 2.05) is 38.1 Å². The number of para-hydroxylation sites is 1. The van der Waals surface area contributed by atoms with Crippen molar-refractivity contribution in [3.8, 4) is 5.75 Å². The summed E-state index contributed by atoms with van der Waals surface area (Å²) in [6.45, 7) is 6.69. The fourth-order valence-corrected chi connectivity index (χ4v) is 2.94. The van der Waals surface area contributed by atoms with Crippen LogP contribution in [0.4, 0.5) is 5.95 Å². The van der Waals surface area contributed by atoms with Gasteiger partial charge in [0, 0.05) is 11.3 Å². The Morgan fingerprint density at radius 1 is 1.31 bits per heavy atom. The first-order valence-corrected chi connectivity index (χ1v) is 8.81. The second-order valence-corrected chi connectivity index (χ2v) is 5.97. The number of nitrogens with one attached hydrogen (secondary N) is 1. The minimum atomic E-state index is -0.516. The van der Waals surface area contributed by atoms with Crippen LogP contribution < -0.4 is 10.1 Å². The Hall–Kier alpha value is -2.90. The molecular formula is C18H23N5O3. The molecule has 1 aromatic heterocycles. The van der Waals surface area contributed by atoms with E-state index in [1.54, 1.807) is 4.68 Å². The number of fused-ring (bicyclic) bond motifs is 1. The molecule has 26 heavy (non-hydrogen) atoms. The highest BCUT2D eigenvalue weighted by atomic mass is 16.5. The molecule has 1 aliphatic rings. The number of aromatic nitrogens is 4. The summed E-state index contributed by atoms with van der Waals surface area (Å²) in [5, 5.41) is 14.9.